The Hall–Kier alpha value is -1.89. The molecule has 0 amide bonds. The molecule has 0 N–H and O–H groups in total. The smallest absolute Gasteiger partial charge is 0.340 e. The highest BCUT2D eigenvalue weighted by atomic mass is 19.1. The van der Waals surface area contributed by atoms with E-state index in [4.69, 9.17) is 10.00 Å². The van der Waals surface area contributed by atoms with Gasteiger partial charge in [0.05, 0.1) is 5.56 Å². The van der Waals surface area contributed by atoms with E-state index in [1.54, 1.807) is 6.92 Å². The maximum Gasteiger partial charge on any atom is 0.340 e. The topological polar surface area (TPSA) is 50.1 Å². The minimum atomic E-state index is -0.874. The van der Waals surface area contributed by atoms with Crippen LogP contribution in [0.3, 0.4) is 0 Å². The van der Waals surface area contributed by atoms with Crippen molar-refractivity contribution < 1.29 is 13.9 Å². The van der Waals surface area contributed by atoms with Gasteiger partial charge in [-0.1, -0.05) is 6.07 Å². The van der Waals surface area contributed by atoms with Crippen LogP contribution in [-0.2, 0) is 11.2 Å². The van der Waals surface area contributed by atoms with Crippen LogP contribution < -0.4 is 0 Å². The molecule has 1 unspecified atom stereocenters. The standard InChI is InChI=1S/C11H8FNO2/c1-6-2-3-9(12)8-4-7(5-13)15-11(14)10(6)8/h2-3,7H,4H2,1H3. The second kappa shape index (κ2) is 3.35. The molecule has 1 aromatic rings. The first-order valence-electron chi connectivity index (χ1n) is 4.52. The quantitative estimate of drug-likeness (QED) is 0.606. The summed E-state index contributed by atoms with van der Waals surface area (Å²) in [6, 6.07) is 4.65. The van der Waals surface area contributed by atoms with E-state index in [-0.39, 0.29) is 17.5 Å². The number of carbonyl (C=O) groups is 1. The van der Waals surface area contributed by atoms with E-state index in [0.29, 0.717) is 5.56 Å². The van der Waals surface area contributed by atoms with E-state index in [1.165, 1.54) is 12.1 Å². The van der Waals surface area contributed by atoms with Crippen LogP contribution >= 0.6 is 0 Å². The Labute approximate surface area is 86.1 Å². The third-order valence-electron chi connectivity index (χ3n) is 2.45. The largest absolute Gasteiger partial charge is 0.443 e. The van der Waals surface area contributed by atoms with E-state index < -0.39 is 17.9 Å². The van der Waals surface area contributed by atoms with Crippen molar-refractivity contribution in [1.82, 2.24) is 0 Å². The molecule has 0 saturated heterocycles. The van der Waals surface area contributed by atoms with Crippen LogP contribution in [0.15, 0.2) is 12.1 Å². The second-order valence-electron chi connectivity index (χ2n) is 3.45. The van der Waals surface area contributed by atoms with Crippen molar-refractivity contribution in [2.75, 3.05) is 0 Å². The van der Waals surface area contributed by atoms with Gasteiger partial charge in [-0.05, 0) is 18.6 Å². The molecule has 1 heterocycles. The molecule has 0 aromatic heterocycles. The van der Waals surface area contributed by atoms with Crippen molar-refractivity contribution in [3.63, 3.8) is 0 Å². The first-order valence-corrected chi connectivity index (χ1v) is 4.52. The maximum absolute atomic E-state index is 13.4. The van der Waals surface area contributed by atoms with Gasteiger partial charge < -0.3 is 4.74 Å². The molecular formula is C11H8FNO2. The molecule has 1 atom stereocenters. The Bertz CT molecular complexity index is 476. The number of cyclic esters (lactones) is 1. The molecule has 0 spiro atoms. The lowest BCUT2D eigenvalue weighted by atomic mass is 9.95. The fourth-order valence-electron chi connectivity index (χ4n) is 1.71. The van der Waals surface area contributed by atoms with Crippen molar-refractivity contribution >= 4 is 5.97 Å². The van der Waals surface area contributed by atoms with Crippen molar-refractivity contribution in [2.45, 2.75) is 19.4 Å². The zero-order valence-electron chi connectivity index (χ0n) is 8.08. The molecule has 3 nitrogen and oxygen atoms in total. The lowest BCUT2D eigenvalue weighted by molar-refractivity contribution is 0.0366. The highest BCUT2D eigenvalue weighted by molar-refractivity contribution is 5.94. The third kappa shape index (κ3) is 1.46. The van der Waals surface area contributed by atoms with E-state index >= 15 is 0 Å². The van der Waals surface area contributed by atoms with Gasteiger partial charge in [-0.25, -0.2) is 9.18 Å². The monoisotopic (exact) mass is 205 g/mol. The van der Waals surface area contributed by atoms with Gasteiger partial charge in [0.25, 0.3) is 0 Å². The summed E-state index contributed by atoms with van der Waals surface area (Å²) in [4.78, 5) is 11.5. The third-order valence-corrected chi connectivity index (χ3v) is 2.45. The Kier molecular flexibility index (Phi) is 2.16. The summed E-state index contributed by atoms with van der Waals surface area (Å²) in [6.45, 7) is 1.71. The number of halogens is 1. The van der Waals surface area contributed by atoms with E-state index in [0.717, 1.165) is 0 Å². The van der Waals surface area contributed by atoms with Gasteiger partial charge in [0.1, 0.15) is 11.9 Å². The Morgan fingerprint density at radius 1 is 1.60 bits per heavy atom. The Balaban J connectivity index is 2.60. The van der Waals surface area contributed by atoms with Crippen molar-refractivity contribution in [3.8, 4) is 6.07 Å². The van der Waals surface area contributed by atoms with Crippen molar-refractivity contribution in [1.29, 1.82) is 5.26 Å². The molecular weight excluding hydrogens is 197 g/mol. The normalized spacial score (nSPS) is 19.0. The van der Waals surface area contributed by atoms with Crippen LogP contribution in [-0.4, -0.2) is 12.1 Å². The number of carbonyl (C=O) groups excluding carboxylic acids is 1. The summed E-state index contributed by atoms with van der Waals surface area (Å²) in [5.41, 5.74) is 1.23. The van der Waals surface area contributed by atoms with E-state index in [9.17, 15) is 9.18 Å². The lowest BCUT2D eigenvalue weighted by Gasteiger charge is -2.21. The van der Waals surface area contributed by atoms with Crippen LogP contribution in [0.4, 0.5) is 4.39 Å². The summed E-state index contributed by atoms with van der Waals surface area (Å²) in [6.07, 6.45) is -0.744. The van der Waals surface area contributed by atoms with Crippen LogP contribution in [0.25, 0.3) is 0 Å². The molecule has 0 radical (unpaired) electrons. The zero-order valence-corrected chi connectivity index (χ0v) is 8.08. The Morgan fingerprint density at radius 2 is 2.33 bits per heavy atom. The number of hydrogen-bond donors (Lipinski definition) is 0. The summed E-state index contributed by atoms with van der Waals surface area (Å²) in [5, 5.41) is 8.64. The number of hydrogen-bond acceptors (Lipinski definition) is 3. The maximum atomic E-state index is 13.4. The van der Waals surface area contributed by atoms with Crippen molar-refractivity contribution in [2.24, 2.45) is 0 Å². The summed E-state index contributed by atoms with van der Waals surface area (Å²) >= 11 is 0. The molecule has 0 aliphatic carbocycles. The highest BCUT2D eigenvalue weighted by Crippen LogP contribution is 2.25. The SMILES string of the molecule is Cc1ccc(F)c2c1C(=O)OC(C#N)C2. The molecule has 0 fully saturated rings. The predicted octanol–water partition coefficient (Wildman–Crippen LogP) is 1.74. The van der Waals surface area contributed by atoms with Gasteiger partial charge >= 0.3 is 5.97 Å². The second-order valence-corrected chi connectivity index (χ2v) is 3.45. The highest BCUT2D eigenvalue weighted by Gasteiger charge is 2.29. The van der Waals surface area contributed by atoms with Gasteiger partial charge in [0.15, 0.2) is 6.10 Å². The van der Waals surface area contributed by atoms with Crippen LogP contribution in [0.1, 0.15) is 21.5 Å². The minimum Gasteiger partial charge on any atom is -0.443 e. The molecule has 1 aliphatic heterocycles. The predicted molar refractivity (Wildman–Crippen MR) is 49.7 cm³/mol. The van der Waals surface area contributed by atoms with Crippen LogP contribution in [0.2, 0.25) is 0 Å². The van der Waals surface area contributed by atoms with Gasteiger partial charge in [-0.15, -0.1) is 0 Å². The lowest BCUT2D eigenvalue weighted by Crippen LogP contribution is -2.28. The first-order chi connectivity index (χ1) is 7.13. The molecule has 4 heteroatoms. The average molecular weight is 205 g/mol. The van der Waals surface area contributed by atoms with Gasteiger partial charge in [-0.3, -0.25) is 0 Å². The van der Waals surface area contributed by atoms with Gasteiger partial charge in [0, 0.05) is 12.0 Å². The summed E-state index contributed by atoms with van der Waals surface area (Å²) in [7, 11) is 0. The summed E-state index contributed by atoms with van der Waals surface area (Å²) in [5.74, 6) is -1.06. The number of fused-ring (bicyclic) bond motifs is 1. The molecule has 0 saturated carbocycles. The van der Waals surface area contributed by atoms with Gasteiger partial charge in [0.2, 0.25) is 0 Å². The van der Waals surface area contributed by atoms with Gasteiger partial charge in [-0.2, -0.15) is 5.26 Å². The van der Waals surface area contributed by atoms with E-state index in [2.05, 4.69) is 0 Å². The molecule has 1 aromatic carbocycles. The number of nitriles is 1. The number of nitrogens with zero attached hydrogens (tertiary/aromatic N) is 1. The average Bonchev–Trinajstić information content (AvgIpc) is 2.23. The molecule has 15 heavy (non-hydrogen) atoms. The number of esters is 1. The molecule has 76 valence electrons. The van der Waals surface area contributed by atoms with Crippen LogP contribution in [0.5, 0.6) is 0 Å². The number of ether oxygens (including phenoxy) is 1. The zero-order chi connectivity index (χ0) is 11.0. The number of benzene rings is 1. The molecule has 2 rings (SSSR count). The fraction of sp³-hybridized carbons (Fsp3) is 0.273. The van der Waals surface area contributed by atoms with Crippen LogP contribution in [0, 0.1) is 24.1 Å². The first kappa shape index (κ1) is 9.66. The summed E-state index contributed by atoms with van der Waals surface area (Å²) < 4.78 is 18.2. The van der Waals surface area contributed by atoms with Crippen molar-refractivity contribution in [3.05, 3.63) is 34.6 Å². The molecule has 1 aliphatic rings. The molecule has 0 bridgehead atoms. The Morgan fingerprint density at radius 3 is 3.00 bits per heavy atom. The number of aryl methyl sites for hydroxylation is 1. The fourth-order valence-corrected chi connectivity index (χ4v) is 1.71. The minimum absolute atomic E-state index is 0.130. The van der Waals surface area contributed by atoms with E-state index in [1.807, 2.05) is 6.07 Å². The number of rotatable bonds is 0.